The molecule has 1 heterocycles. The topological polar surface area (TPSA) is 12.0 Å². The second-order valence-corrected chi connectivity index (χ2v) is 6.39. The molecule has 1 nitrogen and oxygen atoms in total. The van der Waals surface area contributed by atoms with Gasteiger partial charge in [-0.2, -0.15) is 0 Å². The average molecular weight is 277 g/mol. The Morgan fingerprint density at radius 3 is 2.37 bits per heavy atom. The van der Waals surface area contributed by atoms with Crippen LogP contribution >= 0.6 is 11.3 Å². The molecule has 102 valence electrons. The largest absolute Gasteiger partial charge is 0.307 e. The van der Waals surface area contributed by atoms with Crippen molar-refractivity contribution in [3.63, 3.8) is 0 Å². The van der Waals surface area contributed by atoms with E-state index in [-0.39, 0.29) is 5.82 Å². The molecule has 19 heavy (non-hydrogen) atoms. The van der Waals surface area contributed by atoms with E-state index >= 15 is 0 Å². The van der Waals surface area contributed by atoms with Crippen molar-refractivity contribution in [2.45, 2.75) is 39.3 Å². The van der Waals surface area contributed by atoms with Crippen molar-refractivity contribution in [2.24, 2.45) is 0 Å². The Morgan fingerprint density at radius 2 is 1.79 bits per heavy atom. The smallest absolute Gasteiger partial charge is 0.123 e. The van der Waals surface area contributed by atoms with Crippen LogP contribution in [0.15, 0.2) is 36.4 Å². The summed E-state index contributed by atoms with van der Waals surface area (Å²) in [6.45, 7) is 6.48. The van der Waals surface area contributed by atoms with Gasteiger partial charge in [0, 0.05) is 21.8 Å². The van der Waals surface area contributed by atoms with Crippen molar-refractivity contribution in [1.29, 1.82) is 0 Å². The number of hydrogen-bond donors (Lipinski definition) is 1. The molecule has 0 aliphatic heterocycles. The normalized spacial score (nSPS) is 14.3. The van der Waals surface area contributed by atoms with Crippen LogP contribution in [0, 0.1) is 12.7 Å². The first-order valence-electron chi connectivity index (χ1n) is 6.61. The molecule has 2 unspecified atom stereocenters. The van der Waals surface area contributed by atoms with Gasteiger partial charge in [-0.05, 0) is 57.0 Å². The predicted octanol–water partition coefficient (Wildman–Crippen LogP) is 4.48. The molecule has 0 spiro atoms. The van der Waals surface area contributed by atoms with Crippen LogP contribution in [-0.2, 0) is 6.42 Å². The summed E-state index contributed by atoms with van der Waals surface area (Å²) in [5.74, 6) is -0.174. The lowest BCUT2D eigenvalue weighted by Gasteiger charge is -2.19. The van der Waals surface area contributed by atoms with Crippen molar-refractivity contribution in [3.8, 4) is 0 Å². The molecule has 0 saturated heterocycles. The van der Waals surface area contributed by atoms with Crippen LogP contribution in [0.1, 0.15) is 35.2 Å². The summed E-state index contributed by atoms with van der Waals surface area (Å²) in [5, 5.41) is 3.59. The standard InChI is InChI=1S/C16H20FNS/c1-11(10-14-5-7-15(17)8-6-14)18-13(3)16-9-4-12(2)19-16/h4-9,11,13,18H,10H2,1-3H3. The minimum absolute atomic E-state index is 0.174. The van der Waals surface area contributed by atoms with Crippen molar-refractivity contribution >= 4 is 11.3 Å². The van der Waals surface area contributed by atoms with Crippen LogP contribution in [0.25, 0.3) is 0 Å². The van der Waals surface area contributed by atoms with E-state index in [0.29, 0.717) is 12.1 Å². The van der Waals surface area contributed by atoms with Crippen molar-refractivity contribution < 1.29 is 4.39 Å². The highest BCUT2D eigenvalue weighted by Gasteiger charge is 2.11. The number of nitrogens with one attached hydrogen (secondary N) is 1. The molecule has 0 aliphatic carbocycles. The third-order valence-electron chi connectivity index (χ3n) is 3.18. The first-order valence-corrected chi connectivity index (χ1v) is 7.43. The van der Waals surface area contributed by atoms with Gasteiger partial charge >= 0.3 is 0 Å². The number of benzene rings is 1. The molecular weight excluding hydrogens is 257 g/mol. The first kappa shape index (κ1) is 14.2. The lowest BCUT2D eigenvalue weighted by atomic mass is 10.1. The Bertz CT molecular complexity index is 518. The van der Waals surface area contributed by atoms with Gasteiger partial charge < -0.3 is 5.32 Å². The number of hydrogen-bond acceptors (Lipinski definition) is 2. The predicted molar refractivity (Wildman–Crippen MR) is 80.2 cm³/mol. The lowest BCUT2D eigenvalue weighted by Crippen LogP contribution is -2.30. The van der Waals surface area contributed by atoms with E-state index < -0.39 is 0 Å². The lowest BCUT2D eigenvalue weighted by molar-refractivity contribution is 0.481. The van der Waals surface area contributed by atoms with Crippen molar-refractivity contribution in [1.82, 2.24) is 5.32 Å². The Labute approximate surface area is 118 Å². The minimum atomic E-state index is -0.174. The van der Waals surface area contributed by atoms with Crippen LogP contribution in [0.3, 0.4) is 0 Å². The molecule has 0 aliphatic rings. The number of thiophene rings is 1. The third-order valence-corrected chi connectivity index (χ3v) is 4.36. The van der Waals surface area contributed by atoms with Gasteiger partial charge in [-0.1, -0.05) is 12.1 Å². The van der Waals surface area contributed by atoms with E-state index in [2.05, 4.69) is 38.2 Å². The number of aryl methyl sites for hydroxylation is 1. The molecule has 0 amide bonds. The van der Waals surface area contributed by atoms with Crippen LogP contribution < -0.4 is 5.32 Å². The Kier molecular flexibility index (Phi) is 4.72. The molecule has 1 aromatic carbocycles. The monoisotopic (exact) mass is 277 g/mol. The second kappa shape index (κ2) is 6.31. The van der Waals surface area contributed by atoms with Gasteiger partial charge in [0.05, 0.1) is 0 Å². The molecule has 0 fully saturated rings. The van der Waals surface area contributed by atoms with Crippen LogP contribution in [-0.4, -0.2) is 6.04 Å². The second-order valence-electron chi connectivity index (χ2n) is 5.07. The van der Waals surface area contributed by atoms with Crippen molar-refractivity contribution in [3.05, 3.63) is 57.5 Å². The summed E-state index contributed by atoms with van der Waals surface area (Å²) in [4.78, 5) is 2.71. The summed E-state index contributed by atoms with van der Waals surface area (Å²) in [6, 6.07) is 11.8. The summed E-state index contributed by atoms with van der Waals surface area (Å²) in [7, 11) is 0. The van der Waals surface area contributed by atoms with Gasteiger partial charge in [-0.3, -0.25) is 0 Å². The van der Waals surface area contributed by atoms with Gasteiger partial charge in [0.1, 0.15) is 5.82 Å². The van der Waals surface area contributed by atoms with Crippen molar-refractivity contribution in [2.75, 3.05) is 0 Å². The Morgan fingerprint density at radius 1 is 1.11 bits per heavy atom. The summed E-state index contributed by atoms with van der Waals surface area (Å²) in [5.41, 5.74) is 1.16. The SMILES string of the molecule is Cc1ccc(C(C)NC(C)Cc2ccc(F)cc2)s1. The quantitative estimate of drug-likeness (QED) is 0.850. The molecule has 2 aromatic rings. The highest BCUT2D eigenvalue weighted by atomic mass is 32.1. The zero-order valence-electron chi connectivity index (χ0n) is 11.6. The van der Waals surface area contributed by atoms with E-state index in [1.54, 1.807) is 0 Å². The molecule has 0 radical (unpaired) electrons. The number of rotatable bonds is 5. The van der Waals surface area contributed by atoms with E-state index in [1.165, 1.54) is 21.9 Å². The summed E-state index contributed by atoms with van der Waals surface area (Å²) >= 11 is 1.83. The summed E-state index contributed by atoms with van der Waals surface area (Å²) in [6.07, 6.45) is 0.912. The molecule has 0 bridgehead atoms. The summed E-state index contributed by atoms with van der Waals surface area (Å²) < 4.78 is 12.8. The highest BCUT2D eigenvalue weighted by Crippen LogP contribution is 2.23. The zero-order valence-corrected chi connectivity index (χ0v) is 12.4. The molecule has 1 N–H and O–H groups in total. The Balaban J connectivity index is 1.90. The minimum Gasteiger partial charge on any atom is -0.307 e. The van der Waals surface area contributed by atoms with Crippen LogP contribution in [0.5, 0.6) is 0 Å². The van der Waals surface area contributed by atoms with Gasteiger partial charge in [0.15, 0.2) is 0 Å². The fraction of sp³-hybridized carbons (Fsp3) is 0.375. The molecule has 3 heteroatoms. The maximum atomic E-state index is 12.8. The molecule has 2 atom stereocenters. The van der Waals surface area contributed by atoms with E-state index in [0.717, 1.165) is 12.0 Å². The van der Waals surface area contributed by atoms with Gasteiger partial charge in [-0.25, -0.2) is 4.39 Å². The van der Waals surface area contributed by atoms with Crippen LogP contribution in [0.4, 0.5) is 4.39 Å². The number of halogens is 1. The highest BCUT2D eigenvalue weighted by molar-refractivity contribution is 7.12. The van der Waals surface area contributed by atoms with Gasteiger partial charge in [-0.15, -0.1) is 11.3 Å². The Hall–Kier alpha value is -1.19. The molecule has 0 saturated carbocycles. The maximum absolute atomic E-state index is 12.8. The van der Waals surface area contributed by atoms with E-state index in [1.807, 2.05) is 23.5 Å². The van der Waals surface area contributed by atoms with E-state index in [9.17, 15) is 4.39 Å². The first-order chi connectivity index (χ1) is 9.04. The van der Waals surface area contributed by atoms with E-state index in [4.69, 9.17) is 0 Å². The zero-order chi connectivity index (χ0) is 13.8. The van der Waals surface area contributed by atoms with Crippen LogP contribution in [0.2, 0.25) is 0 Å². The van der Waals surface area contributed by atoms with Gasteiger partial charge in [0.2, 0.25) is 0 Å². The maximum Gasteiger partial charge on any atom is 0.123 e. The fourth-order valence-electron chi connectivity index (χ4n) is 2.23. The third kappa shape index (κ3) is 4.15. The van der Waals surface area contributed by atoms with Gasteiger partial charge in [0.25, 0.3) is 0 Å². The molecule has 1 aromatic heterocycles. The average Bonchev–Trinajstić information content (AvgIpc) is 2.79. The molecule has 2 rings (SSSR count). The fourth-order valence-corrected chi connectivity index (χ4v) is 3.12. The molecular formula is C16H20FNS.